The summed E-state index contributed by atoms with van der Waals surface area (Å²) in [6, 6.07) is 17.8. The number of carbonyl (C=O) groups excluding carboxylic acids is 4. The number of nitrogens with zero attached hydrogens (tertiary/aromatic N) is 1. The van der Waals surface area contributed by atoms with Gasteiger partial charge in [-0.05, 0) is 98.3 Å². The Morgan fingerprint density at radius 2 is 1.72 bits per heavy atom. The second kappa shape index (κ2) is 15.7. The molecule has 0 aliphatic carbocycles. The van der Waals surface area contributed by atoms with Crippen molar-refractivity contribution in [2.24, 2.45) is 0 Å². The molecule has 0 spiro atoms. The molecule has 14 heteroatoms. The highest BCUT2D eigenvalue weighted by Gasteiger charge is 2.27. The van der Waals surface area contributed by atoms with Gasteiger partial charge in [0, 0.05) is 45.8 Å². The Balaban J connectivity index is 1.38. The summed E-state index contributed by atoms with van der Waals surface area (Å²) < 4.78 is 31.1. The minimum absolute atomic E-state index is 0.171. The third-order valence-corrected chi connectivity index (χ3v) is 9.64. The normalized spacial score (nSPS) is 12.0. The Bertz CT molecular complexity index is 2300. The molecule has 1 aliphatic heterocycles. The van der Waals surface area contributed by atoms with Crippen LogP contribution in [0.2, 0.25) is 5.02 Å². The highest BCUT2D eigenvalue weighted by molar-refractivity contribution is 7.13. The van der Waals surface area contributed by atoms with Crippen molar-refractivity contribution in [2.45, 2.75) is 46.3 Å². The molecule has 0 saturated carbocycles. The van der Waals surface area contributed by atoms with Crippen LogP contribution in [0.4, 0.5) is 20.6 Å². The predicted molar refractivity (Wildman–Crippen MR) is 205 cm³/mol. The number of halogens is 2. The van der Waals surface area contributed by atoms with Gasteiger partial charge < -0.3 is 30.2 Å². The van der Waals surface area contributed by atoms with Gasteiger partial charge in [-0.3, -0.25) is 9.59 Å². The van der Waals surface area contributed by atoms with E-state index < -0.39 is 35.3 Å². The number of nitrogens with one attached hydrogen (secondary N) is 3. The van der Waals surface area contributed by atoms with E-state index in [9.17, 15) is 23.6 Å². The number of aromatic nitrogens is 1. The van der Waals surface area contributed by atoms with Gasteiger partial charge in [-0.1, -0.05) is 29.8 Å². The number of alkyl carbamates (subject to hydrolysis) is 1. The van der Waals surface area contributed by atoms with Crippen LogP contribution in [-0.2, 0) is 22.4 Å². The van der Waals surface area contributed by atoms with E-state index in [0.717, 1.165) is 21.6 Å². The fourth-order valence-corrected chi connectivity index (χ4v) is 6.97. The molecular formula is C40H36ClFN4O7S. The second-order valence-electron chi connectivity index (χ2n) is 13.4. The largest absolute Gasteiger partial charge is 0.493 e. The van der Waals surface area contributed by atoms with Gasteiger partial charge in [-0.25, -0.2) is 19.0 Å². The maximum absolute atomic E-state index is 14.6. The fraction of sp³-hybridized carbons (Fsp3) is 0.225. The molecule has 11 nitrogen and oxygen atoms in total. The lowest BCUT2D eigenvalue weighted by atomic mass is 9.93. The molecule has 2 aromatic heterocycles. The molecule has 0 radical (unpaired) electrons. The molecule has 3 aromatic carbocycles. The lowest BCUT2D eigenvalue weighted by Crippen LogP contribution is -2.32. The van der Waals surface area contributed by atoms with Crippen LogP contribution in [0.3, 0.4) is 0 Å². The molecule has 0 atom stereocenters. The van der Waals surface area contributed by atoms with Crippen molar-refractivity contribution in [1.29, 1.82) is 0 Å². The number of carbonyl (C=O) groups is 4. The van der Waals surface area contributed by atoms with Crippen molar-refractivity contribution < 1.29 is 37.8 Å². The van der Waals surface area contributed by atoms with E-state index >= 15 is 0 Å². The van der Waals surface area contributed by atoms with Gasteiger partial charge in [-0.15, -0.1) is 11.3 Å². The summed E-state index contributed by atoms with van der Waals surface area (Å²) in [4.78, 5) is 58.3. The van der Waals surface area contributed by atoms with Gasteiger partial charge in [0.1, 0.15) is 17.0 Å². The lowest BCUT2D eigenvalue weighted by molar-refractivity contribution is 0.0522. The minimum Gasteiger partial charge on any atom is -0.493 e. The standard InChI is InChI=1S/C40H36ClFN4O7S/c1-21-17-22(20-43-39(50)53-40(2,3)4)9-11-29(21)45-36(47)26-18-27-32(52-15-13-23-14-16-54-35(23)27)19-25(26)24-10-12-31(44-34(24)38(49)51-5)37(48)46-30-8-6-7-28(41)33(30)42/h6-12,14,16-19H,13,15,20H2,1-5H3,(H,43,50)(H,45,47)(H,46,48). The molecule has 278 valence electrons. The summed E-state index contributed by atoms with van der Waals surface area (Å²) in [5.41, 5.74) is 3.23. The first-order valence-electron chi connectivity index (χ1n) is 16.8. The van der Waals surface area contributed by atoms with Crippen molar-refractivity contribution in [1.82, 2.24) is 10.3 Å². The molecule has 0 unspecified atom stereocenters. The van der Waals surface area contributed by atoms with Gasteiger partial charge in [0.2, 0.25) is 0 Å². The molecule has 0 fully saturated rings. The SMILES string of the molecule is COC(=O)c1nc(C(=O)Nc2cccc(Cl)c2F)ccc1-c1cc2c(cc1C(=O)Nc1ccc(CNC(=O)OC(C)(C)C)cc1C)-c1sccc1CCO2. The average molecular weight is 771 g/mol. The summed E-state index contributed by atoms with van der Waals surface area (Å²) >= 11 is 7.41. The summed E-state index contributed by atoms with van der Waals surface area (Å²) in [6.07, 6.45) is 0.112. The highest BCUT2D eigenvalue weighted by atomic mass is 35.5. The van der Waals surface area contributed by atoms with Crippen LogP contribution in [0.15, 0.2) is 72.1 Å². The van der Waals surface area contributed by atoms with E-state index in [0.29, 0.717) is 35.6 Å². The van der Waals surface area contributed by atoms with Crippen molar-refractivity contribution in [3.8, 4) is 27.3 Å². The van der Waals surface area contributed by atoms with Crippen LogP contribution < -0.4 is 20.7 Å². The van der Waals surface area contributed by atoms with Crippen molar-refractivity contribution in [3.63, 3.8) is 0 Å². The number of rotatable bonds is 8. The van der Waals surface area contributed by atoms with Crippen LogP contribution in [0, 0.1) is 12.7 Å². The number of fused-ring (bicyclic) bond motifs is 3. The summed E-state index contributed by atoms with van der Waals surface area (Å²) in [5.74, 6) is -2.50. The molecule has 0 bridgehead atoms. The van der Waals surface area contributed by atoms with Crippen LogP contribution in [0.5, 0.6) is 5.75 Å². The number of amides is 3. The number of hydrogen-bond acceptors (Lipinski definition) is 9. The number of aryl methyl sites for hydroxylation is 1. The van der Waals surface area contributed by atoms with Gasteiger partial charge in [0.15, 0.2) is 11.5 Å². The van der Waals surface area contributed by atoms with Crippen molar-refractivity contribution in [2.75, 3.05) is 24.4 Å². The number of anilines is 2. The number of ether oxygens (including phenoxy) is 3. The van der Waals surface area contributed by atoms with E-state index in [4.69, 9.17) is 25.8 Å². The first-order valence-corrected chi connectivity index (χ1v) is 18.1. The molecule has 5 aromatic rings. The first kappa shape index (κ1) is 38.0. The quantitative estimate of drug-likeness (QED) is 0.133. The molecule has 3 amide bonds. The van der Waals surface area contributed by atoms with E-state index in [1.807, 2.05) is 24.4 Å². The van der Waals surface area contributed by atoms with Crippen LogP contribution in [0.1, 0.15) is 68.8 Å². The Labute approximate surface area is 319 Å². The van der Waals surface area contributed by atoms with Gasteiger partial charge in [0.05, 0.1) is 24.4 Å². The third kappa shape index (κ3) is 8.37. The Hall–Kier alpha value is -5.79. The molecule has 0 saturated heterocycles. The second-order valence-corrected chi connectivity index (χ2v) is 14.7. The molecule has 54 heavy (non-hydrogen) atoms. The van der Waals surface area contributed by atoms with Crippen molar-refractivity contribution in [3.05, 3.63) is 117 Å². The van der Waals surface area contributed by atoms with E-state index in [2.05, 4.69) is 20.9 Å². The number of thiophene rings is 1. The monoisotopic (exact) mass is 770 g/mol. The minimum atomic E-state index is -0.872. The number of methoxy groups -OCH3 is 1. The van der Waals surface area contributed by atoms with Crippen LogP contribution >= 0.6 is 22.9 Å². The summed E-state index contributed by atoms with van der Waals surface area (Å²) in [5, 5.41) is 9.95. The summed E-state index contributed by atoms with van der Waals surface area (Å²) in [6.45, 7) is 7.77. The Morgan fingerprint density at radius 3 is 2.46 bits per heavy atom. The number of benzene rings is 3. The van der Waals surface area contributed by atoms with E-state index in [-0.39, 0.29) is 39.8 Å². The first-order chi connectivity index (χ1) is 25.7. The Morgan fingerprint density at radius 1 is 0.944 bits per heavy atom. The zero-order chi connectivity index (χ0) is 38.7. The number of hydrogen-bond donors (Lipinski definition) is 3. The van der Waals surface area contributed by atoms with Crippen LogP contribution in [0.25, 0.3) is 21.6 Å². The van der Waals surface area contributed by atoms with E-state index in [1.54, 1.807) is 45.0 Å². The van der Waals surface area contributed by atoms with E-state index in [1.165, 1.54) is 48.8 Å². The average Bonchev–Trinajstić information content (AvgIpc) is 3.53. The lowest BCUT2D eigenvalue weighted by Gasteiger charge is -2.20. The predicted octanol–water partition coefficient (Wildman–Crippen LogP) is 8.83. The van der Waals surface area contributed by atoms with Gasteiger partial charge in [0.25, 0.3) is 11.8 Å². The highest BCUT2D eigenvalue weighted by Crippen LogP contribution is 2.43. The fourth-order valence-electron chi connectivity index (χ4n) is 5.82. The molecule has 6 rings (SSSR count). The molecular weight excluding hydrogens is 735 g/mol. The van der Waals surface area contributed by atoms with Gasteiger partial charge >= 0.3 is 12.1 Å². The maximum Gasteiger partial charge on any atom is 0.407 e. The molecule has 3 heterocycles. The Kier molecular flexibility index (Phi) is 11.0. The third-order valence-electron chi connectivity index (χ3n) is 8.36. The summed E-state index contributed by atoms with van der Waals surface area (Å²) in [7, 11) is 1.17. The van der Waals surface area contributed by atoms with Gasteiger partial charge in [-0.2, -0.15) is 0 Å². The van der Waals surface area contributed by atoms with Crippen molar-refractivity contribution >= 4 is 58.2 Å². The molecule has 3 N–H and O–H groups in total. The zero-order valence-corrected chi connectivity index (χ0v) is 31.6. The van der Waals surface area contributed by atoms with Crippen LogP contribution in [-0.4, -0.2) is 48.2 Å². The number of pyridine rings is 1. The maximum atomic E-state index is 14.6. The zero-order valence-electron chi connectivity index (χ0n) is 30.0. The number of esters is 1. The smallest absolute Gasteiger partial charge is 0.407 e. The topological polar surface area (TPSA) is 145 Å². The molecule has 1 aliphatic rings.